The van der Waals surface area contributed by atoms with Crippen LogP contribution in [0.25, 0.3) is 6.08 Å². The molecule has 6 rings (SSSR count). The van der Waals surface area contributed by atoms with Crippen LogP contribution in [0.4, 0.5) is 9.59 Å². The Morgan fingerprint density at radius 1 is 1.09 bits per heavy atom. The number of amides is 5. The molecule has 1 unspecified atom stereocenters. The van der Waals surface area contributed by atoms with Gasteiger partial charge in [0.2, 0.25) is 21.8 Å². The third kappa shape index (κ3) is 8.34. The van der Waals surface area contributed by atoms with Crippen molar-refractivity contribution in [2.24, 2.45) is 16.7 Å². The van der Waals surface area contributed by atoms with Crippen LogP contribution in [-0.4, -0.2) is 90.3 Å². The number of alkyl carbamates (subject to hydrolysis) is 1. The highest BCUT2D eigenvalue weighted by molar-refractivity contribution is 7.91. The number of rotatable bonds is 6. The zero-order valence-electron chi connectivity index (χ0n) is 31.5. The maximum absolute atomic E-state index is 14.5. The van der Waals surface area contributed by atoms with Crippen molar-refractivity contribution in [1.82, 2.24) is 25.2 Å². The van der Waals surface area contributed by atoms with Crippen LogP contribution >= 0.6 is 0 Å². The summed E-state index contributed by atoms with van der Waals surface area (Å²) in [4.78, 5) is 72.0. The number of carbonyl (C=O) groups is 5. The molecule has 53 heavy (non-hydrogen) atoms. The number of carbonyl (C=O) groups excluding carboxylic acids is 5. The molecule has 5 aliphatic rings. The van der Waals surface area contributed by atoms with Crippen LogP contribution in [0.3, 0.4) is 0 Å². The average Bonchev–Trinajstić information content (AvgIpc) is 3.97. The van der Waals surface area contributed by atoms with Gasteiger partial charge in [-0.1, -0.05) is 78.3 Å². The van der Waals surface area contributed by atoms with Gasteiger partial charge in [0.25, 0.3) is 5.91 Å². The van der Waals surface area contributed by atoms with Gasteiger partial charge in [-0.2, -0.15) is 0 Å². The second-order valence-corrected chi connectivity index (χ2v) is 19.1. The van der Waals surface area contributed by atoms with Crippen LogP contribution in [0.5, 0.6) is 0 Å². The van der Waals surface area contributed by atoms with Gasteiger partial charge in [0.15, 0.2) is 0 Å². The molecule has 0 aromatic heterocycles. The van der Waals surface area contributed by atoms with Gasteiger partial charge in [-0.15, -0.1) is 0 Å². The molecule has 3 heterocycles. The molecule has 2 aliphatic carbocycles. The second kappa shape index (κ2) is 14.3. The summed E-state index contributed by atoms with van der Waals surface area (Å²) in [5.74, 6) is -2.36. The third-order valence-corrected chi connectivity index (χ3v) is 13.0. The van der Waals surface area contributed by atoms with Crippen molar-refractivity contribution in [2.45, 2.75) is 129 Å². The summed E-state index contributed by atoms with van der Waals surface area (Å²) in [5.41, 5.74) is 0.357. The summed E-state index contributed by atoms with van der Waals surface area (Å²) in [6, 6.07) is 3.61. The van der Waals surface area contributed by atoms with E-state index in [0.717, 1.165) is 29.5 Å². The third-order valence-electron chi connectivity index (χ3n) is 11.2. The molecule has 1 aromatic rings. The number of allylic oxidation sites excluding steroid dienone is 1. The SMILES string of the molecule is CCC1C[C@]1(NC(=O)[C@@H]1C[C@@H]2CN1C(=O)[C@H](C(C)(C)C)NC(=O)OCC(C)(C)CCC=Cc1cccc3c1CN(C3)C(=O)O2)C(=O)NS(=O)(=O)C1CC1. The molecule has 290 valence electrons. The van der Waals surface area contributed by atoms with E-state index >= 15 is 0 Å². The van der Waals surface area contributed by atoms with Crippen molar-refractivity contribution in [3.8, 4) is 0 Å². The molecule has 14 nitrogen and oxygen atoms in total. The van der Waals surface area contributed by atoms with E-state index in [9.17, 15) is 32.4 Å². The first-order valence-corrected chi connectivity index (χ1v) is 20.2. The largest absolute Gasteiger partial charge is 0.449 e. The Labute approximate surface area is 311 Å². The molecule has 15 heteroatoms. The Kier molecular flexibility index (Phi) is 10.4. The van der Waals surface area contributed by atoms with Crippen molar-refractivity contribution >= 4 is 46.0 Å². The second-order valence-electron chi connectivity index (χ2n) is 17.2. The first-order chi connectivity index (χ1) is 24.8. The topological polar surface area (TPSA) is 181 Å². The molecule has 3 fully saturated rings. The van der Waals surface area contributed by atoms with E-state index in [1.54, 1.807) is 25.7 Å². The Hall–Kier alpha value is -4.14. The maximum Gasteiger partial charge on any atom is 0.410 e. The number of nitrogens with one attached hydrogen (secondary N) is 3. The number of benzene rings is 1. The van der Waals surface area contributed by atoms with Crippen LogP contribution < -0.4 is 15.4 Å². The van der Waals surface area contributed by atoms with Gasteiger partial charge < -0.3 is 25.0 Å². The molecule has 3 N–H and O–H groups in total. The lowest BCUT2D eigenvalue weighted by Crippen LogP contribution is -2.60. The highest BCUT2D eigenvalue weighted by atomic mass is 32.2. The van der Waals surface area contributed by atoms with Crippen LogP contribution in [0, 0.1) is 16.7 Å². The van der Waals surface area contributed by atoms with Gasteiger partial charge in [-0.3, -0.25) is 24.0 Å². The van der Waals surface area contributed by atoms with Gasteiger partial charge in [-0.25, -0.2) is 18.0 Å². The minimum absolute atomic E-state index is 0.0670. The van der Waals surface area contributed by atoms with Crippen molar-refractivity contribution in [3.63, 3.8) is 0 Å². The Balaban J connectivity index is 1.29. The number of hydrogen-bond acceptors (Lipinski definition) is 9. The fraction of sp³-hybridized carbons (Fsp3) is 0.658. The van der Waals surface area contributed by atoms with Crippen LogP contribution in [0.2, 0.25) is 0 Å². The van der Waals surface area contributed by atoms with Crippen molar-refractivity contribution in [1.29, 1.82) is 0 Å². The summed E-state index contributed by atoms with van der Waals surface area (Å²) >= 11 is 0. The summed E-state index contributed by atoms with van der Waals surface area (Å²) in [6.07, 6.45) is 4.94. The van der Waals surface area contributed by atoms with Crippen LogP contribution in [-0.2, 0) is 47.0 Å². The number of fused-ring (bicyclic) bond motifs is 3. The standard InChI is InChI=1S/C38H53N5O9S/c1-7-25-18-38(25,33(46)41-53(49,50)27-14-15-27)40-31(44)29-17-26-20-43(29)32(45)30(36(2,3)4)39-34(47)51-22-37(5,6)16-9-8-11-23-12-10-13-24-19-42(21-28(23)24)35(48)52-26/h8,10-13,25-27,29-30H,7,9,14-22H2,1-6H3,(H,39,47)(H,40,44)(H,41,46)/t25?,26-,29+,30-,38-/m1/s1. The molecule has 0 spiro atoms. The van der Waals surface area contributed by atoms with Crippen molar-refractivity contribution in [2.75, 3.05) is 13.2 Å². The predicted molar refractivity (Wildman–Crippen MR) is 195 cm³/mol. The Bertz CT molecular complexity index is 1800. The zero-order chi connectivity index (χ0) is 38.5. The lowest BCUT2D eigenvalue weighted by atomic mass is 9.85. The maximum atomic E-state index is 14.5. The molecule has 2 saturated carbocycles. The lowest BCUT2D eigenvalue weighted by Gasteiger charge is -2.35. The minimum Gasteiger partial charge on any atom is -0.449 e. The summed E-state index contributed by atoms with van der Waals surface area (Å²) in [5, 5.41) is 4.93. The van der Waals surface area contributed by atoms with E-state index in [-0.39, 0.29) is 37.3 Å². The Morgan fingerprint density at radius 3 is 2.49 bits per heavy atom. The fourth-order valence-corrected chi connectivity index (χ4v) is 8.98. The predicted octanol–water partition coefficient (Wildman–Crippen LogP) is 3.98. The molecule has 0 radical (unpaired) electrons. The van der Waals surface area contributed by atoms with E-state index in [1.165, 1.54) is 4.90 Å². The molecule has 1 saturated heterocycles. The number of sulfonamides is 1. The molecule has 4 bridgehead atoms. The average molecular weight is 756 g/mol. The molecule has 3 aliphatic heterocycles. The highest BCUT2D eigenvalue weighted by Crippen LogP contribution is 2.47. The van der Waals surface area contributed by atoms with E-state index in [2.05, 4.69) is 21.4 Å². The quantitative estimate of drug-likeness (QED) is 0.387. The van der Waals surface area contributed by atoms with Gasteiger partial charge >= 0.3 is 12.2 Å². The molecule has 1 aromatic carbocycles. The summed E-state index contributed by atoms with van der Waals surface area (Å²) in [7, 11) is -3.88. The number of nitrogens with zero attached hydrogens (tertiary/aromatic N) is 2. The molecule has 5 amide bonds. The number of hydrogen-bond donors (Lipinski definition) is 3. The fourth-order valence-electron chi connectivity index (χ4n) is 7.61. The minimum atomic E-state index is -3.88. The zero-order valence-corrected chi connectivity index (χ0v) is 32.3. The van der Waals surface area contributed by atoms with Gasteiger partial charge in [0.05, 0.1) is 24.9 Å². The molecular weight excluding hydrogens is 703 g/mol. The monoisotopic (exact) mass is 755 g/mol. The van der Waals surface area contributed by atoms with Gasteiger partial charge in [0.1, 0.15) is 23.7 Å². The number of cyclic esters (lactones) is 1. The Morgan fingerprint density at radius 2 is 1.83 bits per heavy atom. The van der Waals surface area contributed by atoms with E-state index in [0.29, 0.717) is 32.4 Å². The number of ether oxygens (including phenoxy) is 2. The van der Waals surface area contributed by atoms with E-state index in [4.69, 9.17) is 9.47 Å². The first-order valence-electron chi connectivity index (χ1n) is 18.7. The van der Waals surface area contributed by atoms with Crippen LogP contribution in [0.1, 0.15) is 103 Å². The smallest absolute Gasteiger partial charge is 0.410 e. The lowest BCUT2D eigenvalue weighted by molar-refractivity contribution is -0.143. The van der Waals surface area contributed by atoms with E-state index < -0.39 is 74.3 Å². The van der Waals surface area contributed by atoms with Gasteiger partial charge in [-0.05, 0) is 65.5 Å². The molecular formula is C38H53N5O9S. The van der Waals surface area contributed by atoms with Crippen molar-refractivity contribution in [3.05, 3.63) is 41.0 Å². The van der Waals surface area contributed by atoms with Crippen molar-refractivity contribution < 1.29 is 41.9 Å². The molecule has 5 atom stereocenters. The summed E-state index contributed by atoms with van der Waals surface area (Å²) in [6.45, 7) is 11.8. The van der Waals surface area contributed by atoms with E-state index in [1.807, 2.05) is 45.0 Å². The summed E-state index contributed by atoms with van der Waals surface area (Å²) < 4.78 is 39.2. The first kappa shape index (κ1) is 38.6. The van der Waals surface area contributed by atoms with Gasteiger partial charge in [0, 0.05) is 13.0 Å². The van der Waals surface area contributed by atoms with Crippen LogP contribution in [0.15, 0.2) is 24.3 Å². The highest BCUT2D eigenvalue weighted by Gasteiger charge is 2.62. The normalized spacial score (nSPS) is 29.1.